The average molecular weight is 358 g/mol. The van der Waals surface area contributed by atoms with Crippen molar-refractivity contribution in [2.75, 3.05) is 13.1 Å². The summed E-state index contributed by atoms with van der Waals surface area (Å²) in [7, 11) is 0. The van der Waals surface area contributed by atoms with E-state index in [1.165, 1.54) is 10.5 Å². The van der Waals surface area contributed by atoms with E-state index >= 15 is 0 Å². The van der Waals surface area contributed by atoms with Gasteiger partial charge in [-0.25, -0.2) is 4.79 Å². The van der Waals surface area contributed by atoms with E-state index < -0.39 is 17.9 Å². The van der Waals surface area contributed by atoms with E-state index in [1.54, 1.807) is 6.92 Å². The van der Waals surface area contributed by atoms with Gasteiger partial charge in [0.1, 0.15) is 6.04 Å². The molecule has 0 radical (unpaired) electrons. The van der Waals surface area contributed by atoms with Crippen LogP contribution in [0, 0.1) is 5.92 Å². The van der Waals surface area contributed by atoms with Gasteiger partial charge < -0.3 is 19.8 Å². The topological polar surface area (TPSA) is 109 Å². The maximum absolute atomic E-state index is 12.3. The molecule has 2 unspecified atom stereocenters. The highest BCUT2D eigenvalue weighted by molar-refractivity contribution is 5.77. The summed E-state index contributed by atoms with van der Waals surface area (Å²) in [5.74, 6) is -0.598. The second-order valence-electron chi connectivity index (χ2n) is 6.45. The van der Waals surface area contributed by atoms with Crippen LogP contribution in [-0.2, 0) is 11.2 Å². The van der Waals surface area contributed by atoms with E-state index in [4.69, 9.17) is 9.63 Å². The molecular weight excluding hydrogens is 336 g/mol. The molecule has 0 bridgehead atoms. The van der Waals surface area contributed by atoms with E-state index in [0.717, 1.165) is 12.0 Å². The molecule has 1 saturated heterocycles. The summed E-state index contributed by atoms with van der Waals surface area (Å²) in [6, 6.07) is 7.11. The van der Waals surface area contributed by atoms with Crippen LogP contribution in [0.3, 0.4) is 0 Å². The molecule has 0 spiro atoms. The van der Waals surface area contributed by atoms with Crippen LogP contribution >= 0.6 is 0 Å². The summed E-state index contributed by atoms with van der Waals surface area (Å²) in [6.07, 6.45) is 1.43. The number of carbonyl (C=O) groups is 2. The summed E-state index contributed by atoms with van der Waals surface area (Å²) >= 11 is 0. The number of carboxylic acids is 1. The smallest absolute Gasteiger partial charge is 0.318 e. The quantitative estimate of drug-likeness (QED) is 0.850. The zero-order valence-corrected chi connectivity index (χ0v) is 14.8. The van der Waals surface area contributed by atoms with E-state index in [-0.39, 0.29) is 12.6 Å². The van der Waals surface area contributed by atoms with Crippen LogP contribution < -0.4 is 5.32 Å². The fourth-order valence-corrected chi connectivity index (χ4v) is 2.90. The van der Waals surface area contributed by atoms with Gasteiger partial charge in [-0.15, -0.1) is 0 Å². The molecule has 1 aromatic heterocycles. The minimum atomic E-state index is -0.871. The molecule has 8 heteroatoms. The van der Waals surface area contributed by atoms with E-state index in [0.29, 0.717) is 24.7 Å². The molecule has 26 heavy (non-hydrogen) atoms. The van der Waals surface area contributed by atoms with Gasteiger partial charge in [0, 0.05) is 18.7 Å². The van der Waals surface area contributed by atoms with Crippen molar-refractivity contribution in [1.82, 2.24) is 20.4 Å². The number of hydrogen-bond donors (Lipinski definition) is 2. The standard InChI is InChI=1S/C18H22N4O4/c1-3-12-4-6-13(7-5-12)15-20-16(26-21-15)11(2)19-18(25)22-9-8-14(10-22)17(23)24/h4-7,11,14H,3,8-10H2,1-2H3,(H,19,25)(H,23,24). The second kappa shape index (κ2) is 7.55. The zero-order valence-electron chi connectivity index (χ0n) is 14.8. The number of urea groups is 1. The Kier molecular flexibility index (Phi) is 5.20. The highest BCUT2D eigenvalue weighted by Gasteiger charge is 2.31. The molecule has 2 heterocycles. The highest BCUT2D eigenvalue weighted by Crippen LogP contribution is 2.21. The fraction of sp³-hybridized carbons (Fsp3) is 0.444. The lowest BCUT2D eigenvalue weighted by molar-refractivity contribution is -0.141. The number of carboxylic acid groups (broad SMARTS) is 1. The molecule has 0 saturated carbocycles. The maximum Gasteiger partial charge on any atom is 0.318 e. The van der Waals surface area contributed by atoms with Gasteiger partial charge in [0.05, 0.1) is 5.92 Å². The molecule has 3 rings (SSSR count). The molecule has 2 N–H and O–H groups in total. The molecule has 2 aromatic rings. The predicted molar refractivity (Wildman–Crippen MR) is 93.4 cm³/mol. The van der Waals surface area contributed by atoms with Crippen molar-refractivity contribution in [3.63, 3.8) is 0 Å². The number of aromatic nitrogens is 2. The molecule has 1 aliphatic rings. The molecular formula is C18H22N4O4. The monoisotopic (exact) mass is 358 g/mol. The Labute approximate surface area is 151 Å². The number of nitrogens with one attached hydrogen (secondary N) is 1. The molecule has 1 aromatic carbocycles. The number of amides is 2. The predicted octanol–water partition coefficient (Wildman–Crippen LogP) is 2.48. The zero-order chi connectivity index (χ0) is 18.7. The number of nitrogens with zero attached hydrogens (tertiary/aromatic N) is 3. The van der Waals surface area contributed by atoms with Crippen LogP contribution in [0.1, 0.15) is 37.8 Å². The molecule has 138 valence electrons. The largest absolute Gasteiger partial charge is 0.481 e. The summed E-state index contributed by atoms with van der Waals surface area (Å²) < 4.78 is 5.27. The lowest BCUT2D eigenvalue weighted by atomic mass is 10.1. The van der Waals surface area contributed by atoms with Gasteiger partial charge in [-0.1, -0.05) is 36.3 Å². The fourth-order valence-electron chi connectivity index (χ4n) is 2.90. The third-order valence-electron chi connectivity index (χ3n) is 4.60. The van der Waals surface area contributed by atoms with Gasteiger partial charge in [0.2, 0.25) is 11.7 Å². The summed E-state index contributed by atoms with van der Waals surface area (Å²) in [5, 5.41) is 15.8. The molecule has 0 aliphatic carbocycles. The molecule has 1 fully saturated rings. The molecule has 8 nitrogen and oxygen atoms in total. The van der Waals surface area contributed by atoms with E-state index in [1.807, 2.05) is 24.3 Å². The Morgan fingerprint density at radius 2 is 2.12 bits per heavy atom. The number of rotatable bonds is 5. The minimum Gasteiger partial charge on any atom is -0.481 e. The van der Waals surface area contributed by atoms with Crippen LogP contribution in [0.4, 0.5) is 4.79 Å². The van der Waals surface area contributed by atoms with Gasteiger partial charge in [-0.3, -0.25) is 4.79 Å². The number of benzene rings is 1. The number of carbonyl (C=O) groups excluding carboxylic acids is 1. The Morgan fingerprint density at radius 3 is 2.73 bits per heavy atom. The normalized spacial score (nSPS) is 17.9. The number of aliphatic carboxylic acids is 1. The number of hydrogen-bond acceptors (Lipinski definition) is 5. The number of aryl methyl sites for hydroxylation is 1. The third-order valence-corrected chi connectivity index (χ3v) is 4.60. The van der Waals surface area contributed by atoms with Crippen LogP contribution in [0.5, 0.6) is 0 Å². The summed E-state index contributed by atoms with van der Waals surface area (Å²) in [6.45, 7) is 4.48. The van der Waals surface area contributed by atoms with Gasteiger partial charge >= 0.3 is 12.0 Å². The summed E-state index contributed by atoms with van der Waals surface area (Å²) in [4.78, 5) is 29.1. The Bertz CT molecular complexity index is 787. The van der Waals surface area contributed by atoms with Gasteiger partial charge in [0.15, 0.2) is 0 Å². The van der Waals surface area contributed by atoms with Crippen molar-refractivity contribution >= 4 is 12.0 Å². The lowest BCUT2D eigenvalue weighted by Gasteiger charge is -2.18. The summed E-state index contributed by atoms with van der Waals surface area (Å²) in [5.41, 5.74) is 2.07. The first kappa shape index (κ1) is 17.9. The Balaban J connectivity index is 1.61. The van der Waals surface area contributed by atoms with E-state index in [9.17, 15) is 9.59 Å². The van der Waals surface area contributed by atoms with Crippen molar-refractivity contribution in [3.05, 3.63) is 35.7 Å². The van der Waals surface area contributed by atoms with Crippen molar-refractivity contribution in [2.24, 2.45) is 5.92 Å². The lowest BCUT2D eigenvalue weighted by Crippen LogP contribution is -2.40. The van der Waals surface area contributed by atoms with Crippen molar-refractivity contribution in [2.45, 2.75) is 32.7 Å². The molecule has 2 atom stereocenters. The minimum absolute atomic E-state index is 0.215. The highest BCUT2D eigenvalue weighted by atomic mass is 16.5. The van der Waals surface area contributed by atoms with Crippen molar-refractivity contribution in [1.29, 1.82) is 0 Å². The van der Waals surface area contributed by atoms with Crippen LogP contribution in [0.15, 0.2) is 28.8 Å². The van der Waals surface area contributed by atoms with Crippen LogP contribution in [0.2, 0.25) is 0 Å². The maximum atomic E-state index is 12.3. The Morgan fingerprint density at radius 1 is 1.38 bits per heavy atom. The SMILES string of the molecule is CCc1ccc(-c2noc(C(C)NC(=O)N3CCC(C(=O)O)C3)n2)cc1. The van der Waals surface area contributed by atoms with Crippen LogP contribution in [-0.4, -0.2) is 45.2 Å². The Hall–Kier alpha value is -2.90. The van der Waals surface area contributed by atoms with Gasteiger partial charge in [-0.05, 0) is 25.3 Å². The van der Waals surface area contributed by atoms with Crippen molar-refractivity contribution in [3.8, 4) is 11.4 Å². The second-order valence-corrected chi connectivity index (χ2v) is 6.45. The first-order valence-corrected chi connectivity index (χ1v) is 8.69. The van der Waals surface area contributed by atoms with Gasteiger partial charge in [-0.2, -0.15) is 4.98 Å². The number of likely N-dealkylation sites (tertiary alicyclic amines) is 1. The van der Waals surface area contributed by atoms with Crippen LogP contribution in [0.25, 0.3) is 11.4 Å². The van der Waals surface area contributed by atoms with Crippen molar-refractivity contribution < 1.29 is 19.2 Å². The average Bonchev–Trinajstić information content (AvgIpc) is 3.31. The first-order valence-electron chi connectivity index (χ1n) is 8.69. The molecule has 1 aliphatic heterocycles. The molecule has 2 amide bonds. The third kappa shape index (κ3) is 3.84. The van der Waals surface area contributed by atoms with Gasteiger partial charge in [0.25, 0.3) is 0 Å². The first-order chi connectivity index (χ1) is 12.5. The van der Waals surface area contributed by atoms with E-state index in [2.05, 4.69) is 22.4 Å².